The third-order valence-electron chi connectivity index (χ3n) is 3.86. The summed E-state index contributed by atoms with van der Waals surface area (Å²) in [5.41, 5.74) is 4.17. The Hall–Kier alpha value is -3.25. The number of nitrogens with two attached hydrogens (primary N) is 1. The van der Waals surface area contributed by atoms with Gasteiger partial charge in [-0.25, -0.2) is 9.97 Å². The number of rotatable bonds is 6. The normalized spacial score (nSPS) is 12.8. The van der Waals surface area contributed by atoms with Crippen molar-refractivity contribution >= 4 is 28.9 Å². The predicted octanol–water partition coefficient (Wildman–Crippen LogP) is 3.61. The standard InChI is InChI=1S/C13H14N4O2.C7H8F3NOS/c1-9-3-2-4-10(7-9)16-13-15-6-5-12(17-13)19-8-11(14)18;1-4-3-11-5(13-4)6(2,12)7(8,9)10/h2-7H,8H2,1H3,(H2,14,18)(H,15,16,17);3,12H,1-2H3. The van der Waals surface area contributed by atoms with E-state index in [2.05, 4.69) is 20.3 Å². The summed E-state index contributed by atoms with van der Waals surface area (Å²) in [6.45, 7) is 4.12. The van der Waals surface area contributed by atoms with Crippen molar-refractivity contribution in [1.29, 1.82) is 0 Å². The number of aromatic nitrogens is 3. The molecule has 1 unspecified atom stereocenters. The molecule has 0 fully saturated rings. The number of benzene rings is 1. The number of carbonyl (C=O) groups is 1. The number of primary amides is 1. The highest BCUT2D eigenvalue weighted by molar-refractivity contribution is 7.11. The molecular formula is C20H22F3N5O3S. The highest BCUT2D eigenvalue weighted by Gasteiger charge is 2.53. The molecule has 0 aliphatic rings. The molecule has 2 aromatic heterocycles. The molecule has 3 aromatic rings. The van der Waals surface area contributed by atoms with Crippen LogP contribution in [-0.2, 0) is 10.4 Å². The summed E-state index contributed by atoms with van der Waals surface area (Å²) in [7, 11) is 0. The minimum atomic E-state index is -4.68. The molecule has 4 N–H and O–H groups in total. The molecule has 0 aliphatic heterocycles. The van der Waals surface area contributed by atoms with Crippen LogP contribution >= 0.6 is 11.3 Å². The number of anilines is 2. The summed E-state index contributed by atoms with van der Waals surface area (Å²) in [5.74, 6) is 0.142. The molecule has 8 nitrogen and oxygen atoms in total. The van der Waals surface area contributed by atoms with Crippen LogP contribution in [-0.4, -0.2) is 38.7 Å². The van der Waals surface area contributed by atoms with Crippen LogP contribution in [0, 0.1) is 13.8 Å². The van der Waals surface area contributed by atoms with Crippen molar-refractivity contribution in [3.8, 4) is 5.88 Å². The fourth-order valence-electron chi connectivity index (χ4n) is 2.18. The maximum Gasteiger partial charge on any atom is 0.423 e. The van der Waals surface area contributed by atoms with Crippen LogP contribution in [0.1, 0.15) is 22.4 Å². The Kier molecular flexibility index (Phi) is 8.11. The van der Waals surface area contributed by atoms with Gasteiger partial charge < -0.3 is 20.9 Å². The van der Waals surface area contributed by atoms with Crippen molar-refractivity contribution in [2.24, 2.45) is 5.73 Å². The number of alkyl halides is 3. The number of amides is 1. The first-order valence-corrected chi connectivity index (χ1v) is 10.00. The smallest absolute Gasteiger partial charge is 0.423 e. The zero-order chi connectivity index (χ0) is 23.9. The minimum absolute atomic E-state index is 0.207. The zero-order valence-corrected chi connectivity index (χ0v) is 18.3. The number of nitrogens with one attached hydrogen (secondary N) is 1. The van der Waals surface area contributed by atoms with Crippen LogP contribution in [0.2, 0.25) is 0 Å². The molecule has 3 rings (SSSR count). The Morgan fingerprint density at radius 2 is 1.97 bits per heavy atom. The van der Waals surface area contributed by atoms with E-state index >= 15 is 0 Å². The van der Waals surface area contributed by atoms with Gasteiger partial charge in [0, 0.05) is 29.0 Å². The molecule has 1 aromatic carbocycles. The van der Waals surface area contributed by atoms with Gasteiger partial charge in [0.25, 0.3) is 5.91 Å². The van der Waals surface area contributed by atoms with E-state index in [1.54, 1.807) is 19.2 Å². The lowest BCUT2D eigenvalue weighted by Crippen LogP contribution is -2.39. The highest BCUT2D eigenvalue weighted by Crippen LogP contribution is 2.39. The van der Waals surface area contributed by atoms with Crippen LogP contribution in [0.25, 0.3) is 0 Å². The SMILES string of the molecule is Cc1cccc(Nc2nccc(OCC(N)=O)n2)c1.Cc1cnc(C(C)(O)C(F)(F)F)s1. The molecule has 0 aliphatic carbocycles. The van der Waals surface area contributed by atoms with Crippen LogP contribution in [0.4, 0.5) is 24.8 Å². The van der Waals surface area contributed by atoms with Crippen LogP contribution in [0.3, 0.4) is 0 Å². The second-order valence-corrected chi connectivity index (χ2v) is 8.05. The van der Waals surface area contributed by atoms with Crippen molar-refractivity contribution in [2.45, 2.75) is 32.5 Å². The zero-order valence-electron chi connectivity index (χ0n) is 17.5. The number of nitrogens with zero attached hydrogens (tertiary/aromatic N) is 3. The topological polar surface area (TPSA) is 123 Å². The van der Waals surface area contributed by atoms with E-state index < -0.39 is 17.7 Å². The van der Waals surface area contributed by atoms with Crippen molar-refractivity contribution in [3.05, 3.63) is 58.2 Å². The Morgan fingerprint density at radius 3 is 2.53 bits per heavy atom. The van der Waals surface area contributed by atoms with E-state index in [-0.39, 0.29) is 11.6 Å². The first kappa shape index (κ1) is 25.0. The second kappa shape index (κ2) is 10.4. The average molecular weight is 469 g/mol. The van der Waals surface area contributed by atoms with Crippen molar-refractivity contribution < 1.29 is 27.8 Å². The molecule has 0 bridgehead atoms. The number of hydrogen-bond donors (Lipinski definition) is 3. The summed E-state index contributed by atoms with van der Waals surface area (Å²) in [6.07, 6.45) is -1.83. The summed E-state index contributed by atoms with van der Waals surface area (Å²) >= 11 is 0.840. The third-order valence-corrected chi connectivity index (χ3v) is 4.98. The number of thiazole rings is 1. The molecule has 0 saturated heterocycles. The first-order valence-electron chi connectivity index (χ1n) is 9.18. The van der Waals surface area contributed by atoms with E-state index in [1.807, 2.05) is 31.2 Å². The van der Waals surface area contributed by atoms with Gasteiger partial charge in [-0.1, -0.05) is 12.1 Å². The number of carbonyl (C=O) groups excluding carboxylic acids is 1. The molecule has 0 saturated carbocycles. The number of halogens is 3. The Labute approximate surface area is 186 Å². The molecule has 1 amide bonds. The maximum atomic E-state index is 12.2. The molecular weight excluding hydrogens is 447 g/mol. The number of hydrogen-bond acceptors (Lipinski definition) is 8. The lowest BCUT2D eigenvalue weighted by Gasteiger charge is -2.23. The number of aliphatic hydroxyl groups is 1. The molecule has 32 heavy (non-hydrogen) atoms. The fourth-order valence-corrected chi connectivity index (χ4v) is 3.01. The van der Waals surface area contributed by atoms with Gasteiger partial charge in [0.15, 0.2) is 6.61 Å². The van der Waals surface area contributed by atoms with Gasteiger partial charge in [-0.15, -0.1) is 11.3 Å². The van der Waals surface area contributed by atoms with Gasteiger partial charge in [-0.05, 0) is 38.5 Å². The van der Waals surface area contributed by atoms with Crippen molar-refractivity contribution in [1.82, 2.24) is 15.0 Å². The quantitative estimate of drug-likeness (QED) is 0.504. The lowest BCUT2D eigenvalue weighted by atomic mass is 10.1. The number of ether oxygens (including phenoxy) is 1. The van der Waals surface area contributed by atoms with Gasteiger partial charge in [0.2, 0.25) is 17.4 Å². The molecule has 2 heterocycles. The van der Waals surface area contributed by atoms with Crippen LogP contribution < -0.4 is 15.8 Å². The maximum absolute atomic E-state index is 12.2. The second-order valence-electron chi connectivity index (χ2n) is 6.81. The third kappa shape index (κ3) is 7.17. The largest absolute Gasteiger partial charge is 0.467 e. The van der Waals surface area contributed by atoms with Gasteiger partial charge in [-0.2, -0.15) is 18.2 Å². The van der Waals surface area contributed by atoms with E-state index in [0.717, 1.165) is 22.6 Å². The molecule has 0 spiro atoms. The van der Waals surface area contributed by atoms with Crippen molar-refractivity contribution in [3.63, 3.8) is 0 Å². The van der Waals surface area contributed by atoms with Gasteiger partial charge in [0.1, 0.15) is 5.01 Å². The van der Waals surface area contributed by atoms with E-state index in [9.17, 15) is 18.0 Å². The minimum Gasteiger partial charge on any atom is -0.467 e. The summed E-state index contributed by atoms with van der Waals surface area (Å²) in [4.78, 5) is 23.0. The van der Waals surface area contributed by atoms with Crippen molar-refractivity contribution in [2.75, 3.05) is 11.9 Å². The molecule has 172 valence electrons. The summed E-state index contributed by atoms with van der Waals surface area (Å²) in [5, 5.41) is 11.9. The first-order chi connectivity index (χ1) is 14.9. The monoisotopic (exact) mass is 469 g/mol. The Morgan fingerprint density at radius 1 is 1.25 bits per heavy atom. The van der Waals surface area contributed by atoms with Gasteiger partial charge >= 0.3 is 6.18 Å². The Balaban J connectivity index is 0.000000244. The Bertz CT molecular complexity index is 1060. The van der Waals surface area contributed by atoms with Gasteiger partial charge in [-0.3, -0.25) is 4.79 Å². The van der Waals surface area contributed by atoms with E-state index in [1.165, 1.54) is 6.20 Å². The van der Waals surface area contributed by atoms with E-state index in [0.29, 0.717) is 23.6 Å². The molecule has 12 heteroatoms. The highest BCUT2D eigenvalue weighted by atomic mass is 32.1. The van der Waals surface area contributed by atoms with Crippen LogP contribution in [0.5, 0.6) is 5.88 Å². The lowest BCUT2D eigenvalue weighted by molar-refractivity contribution is -0.258. The summed E-state index contributed by atoms with van der Waals surface area (Å²) in [6, 6.07) is 9.38. The van der Waals surface area contributed by atoms with E-state index in [4.69, 9.17) is 15.6 Å². The fraction of sp³-hybridized carbons (Fsp3) is 0.300. The predicted molar refractivity (Wildman–Crippen MR) is 114 cm³/mol. The number of aryl methyl sites for hydroxylation is 2. The molecule has 0 radical (unpaired) electrons. The van der Waals surface area contributed by atoms with Gasteiger partial charge in [0.05, 0.1) is 0 Å². The average Bonchev–Trinajstić information content (AvgIpc) is 3.13. The van der Waals surface area contributed by atoms with Crippen LogP contribution in [0.15, 0.2) is 42.7 Å². The summed E-state index contributed by atoms with van der Waals surface area (Å²) < 4.78 is 41.8. The molecule has 1 atom stereocenters.